The van der Waals surface area contributed by atoms with Crippen molar-refractivity contribution in [2.45, 2.75) is 6.04 Å². The molecule has 0 aromatic heterocycles. The van der Waals surface area contributed by atoms with Crippen molar-refractivity contribution < 1.29 is 14.3 Å². The minimum absolute atomic E-state index is 0.124. The van der Waals surface area contributed by atoms with Gasteiger partial charge in [-0.05, 0) is 24.3 Å². The number of hydrogen-bond donors (Lipinski definition) is 0. The van der Waals surface area contributed by atoms with Crippen LogP contribution >= 0.6 is 0 Å². The Hall–Kier alpha value is -2.88. The van der Waals surface area contributed by atoms with Crippen molar-refractivity contribution in [3.8, 4) is 5.75 Å². The van der Waals surface area contributed by atoms with Crippen LogP contribution < -0.4 is 9.64 Å². The van der Waals surface area contributed by atoms with Crippen LogP contribution in [0.4, 0.5) is 5.69 Å². The third-order valence-electron chi connectivity index (χ3n) is 3.74. The van der Waals surface area contributed by atoms with Crippen LogP contribution in [0.15, 0.2) is 66.7 Å². The Bertz CT molecular complexity index is 735. The van der Waals surface area contributed by atoms with Crippen molar-refractivity contribution in [2.24, 2.45) is 0 Å². The zero-order valence-corrected chi connectivity index (χ0v) is 12.2. The summed E-state index contributed by atoms with van der Waals surface area (Å²) in [5, 5.41) is 0. The molecule has 0 spiro atoms. The number of Topliss-reactive ketones (excluding diaryl/α,β-unsaturated/α-hetero) is 1. The molecule has 0 aliphatic carbocycles. The van der Waals surface area contributed by atoms with Crippen molar-refractivity contribution >= 4 is 17.4 Å². The molecule has 2 aromatic carbocycles. The highest BCUT2D eigenvalue weighted by atomic mass is 16.5. The fourth-order valence-corrected chi connectivity index (χ4v) is 2.52. The van der Waals surface area contributed by atoms with Gasteiger partial charge in [0.2, 0.25) is 0 Å². The monoisotopic (exact) mass is 293 g/mol. The molecule has 110 valence electrons. The number of rotatable bonds is 4. The molecule has 1 amide bonds. The van der Waals surface area contributed by atoms with Crippen LogP contribution in [-0.4, -0.2) is 24.8 Å². The van der Waals surface area contributed by atoms with Gasteiger partial charge in [-0.25, -0.2) is 0 Å². The predicted octanol–water partition coefficient (Wildman–Crippen LogP) is 2.85. The van der Waals surface area contributed by atoms with Crippen molar-refractivity contribution in [1.82, 2.24) is 0 Å². The van der Waals surface area contributed by atoms with E-state index in [-0.39, 0.29) is 11.7 Å². The second-order valence-corrected chi connectivity index (χ2v) is 5.03. The van der Waals surface area contributed by atoms with Crippen molar-refractivity contribution in [3.05, 3.63) is 72.3 Å². The number of ether oxygens (including phenoxy) is 1. The van der Waals surface area contributed by atoms with Crippen LogP contribution in [0.3, 0.4) is 0 Å². The van der Waals surface area contributed by atoms with Crippen LogP contribution in [-0.2, 0) is 4.79 Å². The summed E-state index contributed by atoms with van der Waals surface area (Å²) >= 11 is 0. The second-order valence-electron chi connectivity index (χ2n) is 5.03. The van der Waals surface area contributed by atoms with Crippen LogP contribution in [0, 0.1) is 0 Å². The fraction of sp³-hybridized carbons (Fsp3) is 0.111. The lowest BCUT2D eigenvalue weighted by Crippen LogP contribution is -2.59. The maximum absolute atomic E-state index is 12.6. The lowest BCUT2D eigenvalue weighted by atomic mass is 9.88. The predicted molar refractivity (Wildman–Crippen MR) is 84.2 cm³/mol. The largest absolute Gasteiger partial charge is 0.497 e. The second kappa shape index (κ2) is 5.48. The van der Waals surface area contributed by atoms with E-state index >= 15 is 0 Å². The molecule has 1 fully saturated rings. The first-order valence-corrected chi connectivity index (χ1v) is 6.89. The number of methoxy groups -OCH3 is 1. The first kappa shape index (κ1) is 14.1. The van der Waals surface area contributed by atoms with E-state index in [1.165, 1.54) is 4.90 Å². The third-order valence-corrected chi connectivity index (χ3v) is 3.74. The summed E-state index contributed by atoms with van der Waals surface area (Å²) in [5.41, 5.74) is 1.55. The van der Waals surface area contributed by atoms with E-state index < -0.39 is 6.04 Å². The smallest absolute Gasteiger partial charge is 0.257 e. The minimum atomic E-state index is -0.636. The Balaban J connectivity index is 1.91. The van der Waals surface area contributed by atoms with E-state index in [4.69, 9.17) is 4.74 Å². The highest BCUT2D eigenvalue weighted by molar-refractivity contribution is 6.25. The summed E-state index contributed by atoms with van der Waals surface area (Å²) in [5.74, 6) is 0.349. The topological polar surface area (TPSA) is 46.6 Å². The van der Waals surface area contributed by atoms with Gasteiger partial charge in [0.15, 0.2) is 5.78 Å². The van der Waals surface area contributed by atoms with Crippen LogP contribution in [0.25, 0.3) is 0 Å². The highest BCUT2D eigenvalue weighted by Gasteiger charge is 2.46. The molecule has 1 heterocycles. The Kier molecular flexibility index (Phi) is 3.51. The maximum atomic E-state index is 12.6. The Labute approximate surface area is 128 Å². The van der Waals surface area contributed by atoms with E-state index in [9.17, 15) is 9.59 Å². The standard InChI is InChI=1S/C18H15NO3/c1-12-16(17(20)13-6-4-3-5-7-13)19(18(12)21)14-8-10-15(22-2)11-9-14/h3-11,16H,1H2,2H3. The van der Waals surface area contributed by atoms with Gasteiger partial charge >= 0.3 is 0 Å². The molecule has 0 N–H and O–H groups in total. The van der Waals surface area contributed by atoms with Crippen molar-refractivity contribution in [1.29, 1.82) is 0 Å². The Morgan fingerprint density at radius 3 is 2.32 bits per heavy atom. The number of hydrogen-bond acceptors (Lipinski definition) is 3. The first-order chi connectivity index (χ1) is 10.6. The number of carbonyl (C=O) groups is 2. The van der Waals surface area contributed by atoms with Crippen LogP contribution in [0.2, 0.25) is 0 Å². The molecule has 1 atom stereocenters. The van der Waals surface area contributed by atoms with E-state index in [2.05, 4.69) is 6.58 Å². The van der Waals surface area contributed by atoms with Gasteiger partial charge in [0.25, 0.3) is 5.91 Å². The molecule has 0 bridgehead atoms. The molecule has 0 radical (unpaired) electrons. The molecule has 4 heteroatoms. The van der Waals surface area contributed by atoms with Gasteiger partial charge in [0, 0.05) is 16.8 Å². The third kappa shape index (κ3) is 2.19. The fourth-order valence-electron chi connectivity index (χ4n) is 2.52. The van der Waals surface area contributed by atoms with E-state index in [0.717, 1.165) is 0 Å². The number of anilines is 1. The molecule has 22 heavy (non-hydrogen) atoms. The molecule has 0 saturated carbocycles. The molecule has 3 rings (SSSR count). The summed E-state index contributed by atoms with van der Waals surface area (Å²) in [6.45, 7) is 3.74. The molecule has 2 aromatic rings. The van der Waals surface area contributed by atoms with Crippen molar-refractivity contribution in [3.63, 3.8) is 0 Å². The maximum Gasteiger partial charge on any atom is 0.257 e. The summed E-state index contributed by atoms with van der Waals surface area (Å²) < 4.78 is 5.10. The van der Waals surface area contributed by atoms with E-state index in [1.807, 2.05) is 6.07 Å². The number of nitrogens with zero attached hydrogens (tertiary/aromatic N) is 1. The van der Waals surface area contributed by atoms with Crippen LogP contribution in [0.1, 0.15) is 10.4 Å². The first-order valence-electron chi connectivity index (χ1n) is 6.89. The molecular weight excluding hydrogens is 278 g/mol. The molecular formula is C18H15NO3. The van der Waals surface area contributed by atoms with Gasteiger partial charge in [-0.15, -0.1) is 0 Å². The van der Waals surface area contributed by atoms with Crippen LogP contribution in [0.5, 0.6) is 5.75 Å². The lowest BCUT2D eigenvalue weighted by molar-refractivity contribution is -0.118. The average molecular weight is 293 g/mol. The summed E-state index contributed by atoms with van der Waals surface area (Å²) in [6.07, 6.45) is 0. The van der Waals surface area contributed by atoms with Gasteiger partial charge in [-0.3, -0.25) is 14.5 Å². The number of β-lactam (4-membered cyclic amide) rings is 1. The zero-order valence-electron chi connectivity index (χ0n) is 12.2. The van der Waals surface area contributed by atoms with Gasteiger partial charge in [-0.2, -0.15) is 0 Å². The number of ketones is 1. The zero-order chi connectivity index (χ0) is 15.7. The minimum Gasteiger partial charge on any atom is -0.497 e. The lowest BCUT2D eigenvalue weighted by Gasteiger charge is -2.41. The quantitative estimate of drug-likeness (QED) is 0.495. The number of benzene rings is 2. The normalized spacial score (nSPS) is 17.1. The van der Waals surface area contributed by atoms with Gasteiger partial charge in [0.1, 0.15) is 11.8 Å². The molecule has 4 nitrogen and oxygen atoms in total. The number of amides is 1. The molecule has 1 aliphatic rings. The average Bonchev–Trinajstić information content (AvgIpc) is 2.59. The van der Waals surface area contributed by atoms with Gasteiger partial charge in [-0.1, -0.05) is 36.9 Å². The summed E-state index contributed by atoms with van der Waals surface area (Å²) in [7, 11) is 1.58. The summed E-state index contributed by atoms with van der Waals surface area (Å²) in [4.78, 5) is 26.2. The summed E-state index contributed by atoms with van der Waals surface area (Å²) in [6, 6.07) is 15.3. The Morgan fingerprint density at radius 1 is 1.09 bits per heavy atom. The molecule has 1 unspecified atom stereocenters. The van der Waals surface area contributed by atoms with Crippen molar-refractivity contribution in [2.75, 3.05) is 12.0 Å². The highest BCUT2D eigenvalue weighted by Crippen LogP contribution is 2.34. The number of carbonyl (C=O) groups excluding carboxylic acids is 2. The van der Waals surface area contributed by atoms with Gasteiger partial charge < -0.3 is 4.74 Å². The Morgan fingerprint density at radius 2 is 1.73 bits per heavy atom. The van der Waals surface area contributed by atoms with E-state index in [1.54, 1.807) is 55.6 Å². The SMILES string of the molecule is C=C1C(=O)N(c2ccc(OC)cc2)C1C(=O)c1ccccc1. The van der Waals surface area contributed by atoms with E-state index in [0.29, 0.717) is 22.6 Å². The van der Waals surface area contributed by atoms with Gasteiger partial charge in [0.05, 0.1) is 7.11 Å². The molecule has 1 aliphatic heterocycles. The molecule has 1 saturated heterocycles.